The molecule has 2 aromatic carbocycles. The number of amides is 2. The quantitative estimate of drug-likeness (QED) is 0.754. The van der Waals surface area contributed by atoms with Gasteiger partial charge in [0.25, 0.3) is 11.8 Å². The lowest BCUT2D eigenvalue weighted by Gasteiger charge is -2.25. The molecule has 1 aliphatic heterocycles. The van der Waals surface area contributed by atoms with E-state index in [4.69, 9.17) is 9.47 Å². The minimum absolute atomic E-state index is 0.0199. The number of hydrogen-bond acceptors (Lipinski definition) is 5. The predicted molar refractivity (Wildman–Crippen MR) is 93.3 cm³/mol. The van der Waals surface area contributed by atoms with Crippen LogP contribution in [0.3, 0.4) is 0 Å². The molecule has 8 heteroatoms. The molecule has 0 aliphatic carbocycles. The Morgan fingerprint density at radius 1 is 1.15 bits per heavy atom. The fraction of sp³-hybridized carbons (Fsp3) is 0.211. The summed E-state index contributed by atoms with van der Waals surface area (Å²) in [4.78, 5) is 35.6. The van der Waals surface area contributed by atoms with Crippen LogP contribution in [0.1, 0.15) is 12.0 Å². The van der Waals surface area contributed by atoms with Crippen molar-refractivity contribution in [2.45, 2.75) is 19.1 Å². The molecule has 0 aromatic heterocycles. The van der Waals surface area contributed by atoms with Crippen molar-refractivity contribution in [3.63, 3.8) is 0 Å². The van der Waals surface area contributed by atoms with Crippen LogP contribution in [-0.4, -0.2) is 30.5 Å². The van der Waals surface area contributed by atoms with Crippen molar-refractivity contribution in [3.8, 4) is 5.75 Å². The lowest BCUT2D eigenvalue weighted by Crippen LogP contribution is -2.39. The molecule has 0 fully saturated rings. The van der Waals surface area contributed by atoms with Crippen LogP contribution in [-0.2, 0) is 25.7 Å². The highest BCUT2D eigenvalue weighted by Gasteiger charge is 2.30. The zero-order valence-corrected chi connectivity index (χ0v) is 14.2. The van der Waals surface area contributed by atoms with Crippen molar-refractivity contribution in [2.75, 3.05) is 11.9 Å². The molecule has 0 bridgehead atoms. The summed E-state index contributed by atoms with van der Waals surface area (Å²) in [5.74, 6) is -1.77. The molecule has 0 unspecified atom stereocenters. The van der Waals surface area contributed by atoms with Crippen LogP contribution in [0.15, 0.2) is 48.5 Å². The molecule has 0 spiro atoms. The molecular weight excluding hydrogens is 355 g/mol. The highest BCUT2D eigenvalue weighted by atomic mass is 19.1. The van der Waals surface area contributed by atoms with Crippen LogP contribution >= 0.6 is 0 Å². The zero-order chi connectivity index (χ0) is 19.2. The summed E-state index contributed by atoms with van der Waals surface area (Å²) in [6.45, 7) is -0.549. The van der Waals surface area contributed by atoms with Gasteiger partial charge < -0.3 is 20.1 Å². The number of hydrogen-bond donors (Lipinski definition) is 2. The average Bonchev–Trinajstić information content (AvgIpc) is 2.66. The van der Waals surface area contributed by atoms with E-state index < -0.39 is 36.3 Å². The maximum atomic E-state index is 13.5. The van der Waals surface area contributed by atoms with Crippen LogP contribution in [0, 0.1) is 5.82 Å². The Balaban J connectivity index is 1.44. The highest BCUT2D eigenvalue weighted by molar-refractivity contribution is 5.99. The first-order valence-electron chi connectivity index (χ1n) is 8.25. The van der Waals surface area contributed by atoms with Gasteiger partial charge in [-0.1, -0.05) is 30.3 Å². The van der Waals surface area contributed by atoms with Gasteiger partial charge in [0, 0.05) is 12.1 Å². The first-order valence-corrected chi connectivity index (χ1v) is 8.25. The average molecular weight is 372 g/mol. The molecule has 1 heterocycles. The molecule has 2 aromatic rings. The first kappa shape index (κ1) is 18.4. The summed E-state index contributed by atoms with van der Waals surface area (Å²) >= 11 is 0. The number of carbonyl (C=O) groups is 3. The van der Waals surface area contributed by atoms with E-state index in [9.17, 15) is 18.8 Å². The standard InChI is InChI=1S/C19H17FN2O5/c20-13-6-2-1-5-12(13)10-21-17(23)11-26-18(24)9-16-19(25)22-14-7-3-4-8-15(14)27-16/h1-8,16H,9-11H2,(H,21,23)(H,22,25)/t16-/m0/s1. The molecule has 140 valence electrons. The minimum Gasteiger partial charge on any atom is -0.478 e. The van der Waals surface area contributed by atoms with Gasteiger partial charge in [-0.2, -0.15) is 0 Å². The molecule has 2 N–H and O–H groups in total. The van der Waals surface area contributed by atoms with E-state index in [-0.39, 0.29) is 13.0 Å². The number of rotatable bonds is 6. The van der Waals surface area contributed by atoms with Gasteiger partial charge in [-0.25, -0.2) is 4.39 Å². The Kier molecular flexibility index (Phi) is 5.65. The van der Waals surface area contributed by atoms with Crippen LogP contribution in [0.2, 0.25) is 0 Å². The highest BCUT2D eigenvalue weighted by Crippen LogP contribution is 2.29. The third-order valence-corrected chi connectivity index (χ3v) is 3.86. The second kappa shape index (κ2) is 8.31. The van der Waals surface area contributed by atoms with Gasteiger partial charge in [-0.15, -0.1) is 0 Å². The molecule has 2 amide bonds. The maximum Gasteiger partial charge on any atom is 0.310 e. The number of carbonyl (C=O) groups excluding carboxylic acids is 3. The fourth-order valence-corrected chi connectivity index (χ4v) is 2.47. The van der Waals surface area contributed by atoms with Gasteiger partial charge >= 0.3 is 5.97 Å². The number of para-hydroxylation sites is 2. The normalized spacial score (nSPS) is 15.1. The molecule has 0 radical (unpaired) electrons. The lowest BCUT2D eigenvalue weighted by atomic mass is 10.1. The van der Waals surface area contributed by atoms with Crippen molar-refractivity contribution in [2.24, 2.45) is 0 Å². The summed E-state index contributed by atoms with van der Waals surface area (Å²) in [5.41, 5.74) is 0.850. The van der Waals surface area contributed by atoms with Gasteiger partial charge in [0.1, 0.15) is 11.6 Å². The molecule has 0 saturated carbocycles. The van der Waals surface area contributed by atoms with Crippen LogP contribution in [0.5, 0.6) is 5.75 Å². The van der Waals surface area contributed by atoms with Crippen molar-refractivity contribution in [3.05, 3.63) is 59.9 Å². The van der Waals surface area contributed by atoms with E-state index in [2.05, 4.69) is 10.6 Å². The Morgan fingerprint density at radius 2 is 1.89 bits per heavy atom. The van der Waals surface area contributed by atoms with Gasteiger partial charge in [-0.3, -0.25) is 14.4 Å². The lowest BCUT2D eigenvalue weighted by molar-refractivity contribution is -0.151. The molecule has 1 atom stereocenters. The van der Waals surface area contributed by atoms with Crippen LogP contribution in [0.4, 0.5) is 10.1 Å². The fourth-order valence-electron chi connectivity index (χ4n) is 2.47. The number of fused-ring (bicyclic) bond motifs is 1. The van der Waals surface area contributed by atoms with Gasteiger partial charge in [0.05, 0.1) is 12.1 Å². The Bertz CT molecular complexity index is 871. The number of halogens is 1. The summed E-state index contributed by atoms with van der Waals surface area (Å²) in [6.07, 6.45) is -1.37. The van der Waals surface area contributed by atoms with Gasteiger partial charge in [-0.05, 0) is 18.2 Å². The predicted octanol–water partition coefficient (Wildman–Crippen LogP) is 1.77. The van der Waals surface area contributed by atoms with E-state index in [1.807, 2.05) is 0 Å². The largest absolute Gasteiger partial charge is 0.478 e. The van der Waals surface area contributed by atoms with Gasteiger partial charge in [0.15, 0.2) is 12.7 Å². The van der Waals surface area contributed by atoms with E-state index in [1.54, 1.807) is 42.5 Å². The second-order valence-electron chi connectivity index (χ2n) is 5.82. The molecule has 27 heavy (non-hydrogen) atoms. The summed E-state index contributed by atoms with van der Waals surface area (Å²) in [6, 6.07) is 12.9. The number of esters is 1. The summed E-state index contributed by atoms with van der Waals surface area (Å²) in [5, 5.41) is 5.09. The van der Waals surface area contributed by atoms with Crippen molar-refractivity contribution in [1.29, 1.82) is 0 Å². The molecule has 1 aliphatic rings. The minimum atomic E-state index is -1.03. The number of ether oxygens (including phenoxy) is 2. The third-order valence-electron chi connectivity index (χ3n) is 3.86. The van der Waals surface area contributed by atoms with Crippen molar-refractivity contribution < 1.29 is 28.2 Å². The van der Waals surface area contributed by atoms with E-state index in [0.29, 0.717) is 17.0 Å². The Labute approximate surface area is 154 Å². The van der Waals surface area contributed by atoms with Crippen molar-refractivity contribution >= 4 is 23.5 Å². The van der Waals surface area contributed by atoms with E-state index >= 15 is 0 Å². The SMILES string of the molecule is O=C(COC(=O)C[C@@H]1Oc2ccccc2NC1=O)NCc1ccccc1F. The summed E-state index contributed by atoms with van der Waals surface area (Å²) in [7, 11) is 0. The molecule has 0 saturated heterocycles. The molecular formula is C19H17FN2O5. The Morgan fingerprint density at radius 3 is 2.70 bits per heavy atom. The monoisotopic (exact) mass is 372 g/mol. The molecule has 7 nitrogen and oxygen atoms in total. The topological polar surface area (TPSA) is 93.7 Å². The molecule has 3 rings (SSSR count). The third kappa shape index (κ3) is 4.81. The number of benzene rings is 2. The van der Waals surface area contributed by atoms with E-state index in [0.717, 1.165) is 0 Å². The van der Waals surface area contributed by atoms with E-state index in [1.165, 1.54) is 6.07 Å². The Hall–Kier alpha value is -3.42. The maximum absolute atomic E-state index is 13.5. The number of anilines is 1. The second-order valence-corrected chi connectivity index (χ2v) is 5.82. The first-order chi connectivity index (χ1) is 13.0. The van der Waals surface area contributed by atoms with Gasteiger partial charge in [0.2, 0.25) is 0 Å². The van der Waals surface area contributed by atoms with Crippen molar-refractivity contribution in [1.82, 2.24) is 5.32 Å². The summed E-state index contributed by atoms with van der Waals surface area (Å²) < 4.78 is 23.8. The van der Waals surface area contributed by atoms with Crippen LogP contribution < -0.4 is 15.4 Å². The van der Waals surface area contributed by atoms with Crippen LogP contribution in [0.25, 0.3) is 0 Å². The smallest absolute Gasteiger partial charge is 0.310 e. The number of nitrogens with one attached hydrogen (secondary N) is 2. The zero-order valence-electron chi connectivity index (χ0n) is 14.2.